The zero-order valence-corrected chi connectivity index (χ0v) is 11.4. The molecular weight excluding hydrogens is 227 g/mol. The van der Waals surface area contributed by atoms with E-state index in [-0.39, 0.29) is 24.0 Å². The maximum atomic E-state index is 11.7. The Kier molecular flexibility index (Phi) is 6.46. The summed E-state index contributed by atoms with van der Waals surface area (Å²) in [6, 6.07) is 0. The quantitative estimate of drug-likeness (QED) is 0.681. The minimum atomic E-state index is -4.07. The van der Waals surface area contributed by atoms with Gasteiger partial charge in [0.2, 0.25) is 0 Å². The molecule has 5 heteroatoms. The predicted octanol–water partition coefficient (Wildman–Crippen LogP) is 2.58. The highest BCUT2D eigenvalue weighted by Crippen LogP contribution is 2.46. The van der Waals surface area contributed by atoms with Gasteiger partial charge < -0.3 is 9.79 Å². The molecule has 0 aromatic heterocycles. The summed E-state index contributed by atoms with van der Waals surface area (Å²) in [5.41, 5.74) is -0.671. The van der Waals surface area contributed by atoms with E-state index < -0.39 is 13.3 Å². The van der Waals surface area contributed by atoms with Gasteiger partial charge in [0, 0.05) is 11.8 Å². The minimum Gasteiger partial charge on any atom is -0.324 e. The Labute approximate surface area is 97.6 Å². The Bertz CT molecular complexity index is 269. The lowest BCUT2D eigenvalue weighted by atomic mass is 9.92. The Hall–Kier alpha value is -0.180. The normalized spacial score (nSPS) is 16.2. The highest BCUT2D eigenvalue weighted by atomic mass is 31.2. The van der Waals surface area contributed by atoms with E-state index >= 15 is 0 Å². The molecular formula is C11H23O4P. The van der Waals surface area contributed by atoms with Crippen molar-refractivity contribution in [2.45, 2.75) is 52.6 Å². The molecule has 0 aliphatic carbocycles. The fraction of sp³-hybridized carbons (Fsp3) is 0.909. The Morgan fingerprint density at radius 2 is 1.75 bits per heavy atom. The van der Waals surface area contributed by atoms with Crippen molar-refractivity contribution in [1.82, 2.24) is 0 Å². The first kappa shape index (κ1) is 15.8. The molecule has 0 amide bonds. The summed E-state index contributed by atoms with van der Waals surface area (Å²) in [7, 11) is -4.07. The molecule has 96 valence electrons. The van der Waals surface area contributed by atoms with Gasteiger partial charge in [0.05, 0.1) is 5.66 Å². The van der Waals surface area contributed by atoms with E-state index in [2.05, 4.69) is 0 Å². The van der Waals surface area contributed by atoms with Crippen molar-refractivity contribution in [2.75, 3.05) is 0 Å². The van der Waals surface area contributed by atoms with Gasteiger partial charge in [-0.25, -0.2) is 0 Å². The van der Waals surface area contributed by atoms with Gasteiger partial charge in [0.15, 0.2) is 0 Å². The number of rotatable bonds is 7. The lowest BCUT2D eigenvalue weighted by Gasteiger charge is -2.21. The maximum absolute atomic E-state index is 11.7. The molecule has 4 nitrogen and oxygen atoms in total. The Balaban J connectivity index is 4.52. The molecule has 0 aromatic rings. The smallest absolute Gasteiger partial charge is 0.324 e. The molecule has 0 aliphatic heterocycles. The van der Waals surface area contributed by atoms with Crippen LogP contribution >= 0.6 is 7.60 Å². The topological polar surface area (TPSA) is 74.6 Å². The van der Waals surface area contributed by atoms with Crippen molar-refractivity contribution in [3.63, 3.8) is 0 Å². The molecule has 0 aliphatic rings. The molecule has 0 radical (unpaired) electrons. The number of ketones is 1. The van der Waals surface area contributed by atoms with E-state index in [1.54, 1.807) is 6.92 Å². The molecule has 0 fully saturated rings. The SMILES string of the molecule is CCCC(CC(C)C(=O)C(C)C)P(=O)(O)O. The summed E-state index contributed by atoms with van der Waals surface area (Å²) in [4.78, 5) is 30.0. The molecule has 2 atom stereocenters. The van der Waals surface area contributed by atoms with Crippen LogP contribution in [0.25, 0.3) is 0 Å². The highest BCUT2D eigenvalue weighted by Gasteiger charge is 2.31. The third-order valence-electron chi connectivity index (χ3n) is 2.78. The van der Waals surface area contributed by atoms with E-state index in [9.17, 15) is 19.1 Å². The minimum absolute atomic E-state index is 0.0750. The van der Waals surface area contributed by atoms with Gasteiger partial charge >= 0.3 is 7.60 Å². The first-order valence-corrected chi connectivity index (χ1v) is 7.47. The van der Waals surface area contributed by atoms with Crippen molar-refractivity contribution >= 4 is 13.4 Å². The molecule has 0 heterocycles. The first-order valence-electron chi connectivity index (χ1n) is 5.79. The van der Waals surface area contributed by atoms with Gasteiger partial charge in [0.25, 0.3) is 0 Å². The fourth-order valence-electron chi connectivity index (χ4n) is 1.85. The molecule has 16 heavy (non-hydrogen) atoms. The van der Waals surface area contributed by atoms with Crippen molar-refractivity contribution in [1.29, 1.82) is 0 Å². The Morgan fingerprint density at radius 1 is 1.25 bits per heavy atom. The second kappa shape index (κ2) is 6.53. The van der Waals surface area contributed by atoms with Gasteiger partial charge in [-0.05, 0) is 12.8 Å². The molecule has 2 N–H and O–H groups in total. The average Bonchev–Trinajstić information content (AvgIpc) is 2.14. The second-order valence-corrected chi connectivity index (χ2v) is 6.63. The van der Waals surface area contributed by atoms with Crippen LogP contribution in [0.5, 0.6) is 0 Å². The van der Waals surface area contributed by atoms with Crippen LogP contribution in [0.2, 0.25) is 0 Å². The number of carbonyl (C=O) groups is 1. The lowest BCUT2D eigenvalue weighted by molar-refractivity contribution is -0.125. The molecule has 2 unspecified atom stereocenters. The summed E-state index contributed by atoms with van der Waals surface area (Å²) >= 11 is 0. The van der Waals surface area contributed by atoms with E-state index in [1.165, 1.54) is 0 Å². The third kappa shape index (κ3) is 5.24. The molecule has 0 bridgehead atoms. The van der Waals surface area contributed by atoms with E-state index in [1.807, 2.05) is 20.8 Å². The first-order chi connectivity index (χ1) is 7.20. The standard InChI is InChI=1S/C11H23O4P/c1-5-6-10(16(13,14)15)7-9(4)11(12)8(2)3/h8-10H,5-7H2,1-4H3,(H2,13,14,15). The Morgan fingerprint density at radius 3 is 2.06 bits per heavy atom. The average molecular weight is 250 g/mol. The number of hydrogen-bond donors (Lipinski definition) is 2. The van der Waals surface area contributed by atoms with Crippen LogP contribution in [0.3, 0.4) is 0 Å². The molecule has 0 rings (SSSR count). The van der Waals surface area contributed by atoms with Crippen molar-refractivity contribution < 1.29 is 19.1 Å². The van der Waals surface area contributed by atoms with Crippen molar-refractivity contribution in [3.05, 3.63) is 0 Å². The second-order valence-electron chi connectivity index (χ2n) is 4.73. The molecule has 0 saturated carbocycles. The van der Waals surface area contributed by atoms with Gasteiger partial charge in [-0.1, -0.05) is 34.1 Å². The van der Waals surface area contributed by atoms with Crippen LogP contribution in [0.4, 0.5) is 0 Å². The summed E-state index contributed by atoms with van der Waals surface area (Å²) in [6.45, 7) is 7.26. The third-order valence-corrected chi connectivity index (χ3v) is 4.20. The van der Waals surface area contributed by atoms with Gasteiger partial charge in [-0.2, -0.15) is 0 Å². The molecule has 0 spiro atoms. The largest absolute Gasteiger partial charge is 0.328 e. The maximum Gasteiger partial charge on any atom is 0.328 e. The van der Waals surface area contributed by atoms with Crippen molar-refractivity contribution in [2.24, 2.45) is 11.8 Å². The van der Waals surface area contributed by atoms with Crippen LogP contribution < -0.4 is 0 Å². The van der Waals surface area contributed by atoms with Crippen molar-refractivity contribution in [3.8, 4) is 0 Å². The van der Waals surface area contributed by atoms with Gasteiger partial charge in [-0.15, -0.1) is 0 Å². The van der Waals surface area contributed by atoms with Crippen LogP contribution in [-0.2, 0) is 9.36 Å². The van der Waals surface area contributed by atoms with E-state index in [4.69, 9.17) is 0 Å². The zero-order chi connectivity index (χ0) is 12.9. The molecule has 0 saturated heterocycles. The number of carbonyl (C=O) groups excluding carboxylic acids is 1. The van der Waals surface area contributed by atoms with Gasteiger partial charge in [-0.3, -0.25) is 9.36 Å². The van der Waals surface area contributed by atoms with Crippen LogP contribution in [0, 0.1) is 11.8 Å². The fourth-order valence-corrected chi connectivity index (χ4v) is 3.04. The molecule has 0 aromatic carbocycles. The zero-order valence-electron chi connectivity index (χ0n) is 10.5. The highest BCUT2D eigenvalue weighted by molar-refractivity contribution is 7.52. The van der Waals surface area contributed by atoms with Gasteiger partial charge in [0.1, 0.15) is 5.78 Å². The lowest BCUT2D eigenvalue weighted by Crippen LogP contribution is -2.22. The summed E-state index contributed by atoms with van der Waals surface area (Å²) < 4.78 is 11.2. The number of Topliss-reactive ketones (excluding diaryl/α,β-unsaturated/α-hetero) is 1. The monoisotopic (exact) mass is 250 g/mol. The van der Waals surface area contributed by atoms with Crippen LogP contribution in [0.1, 0.15) is 47.0 Å². The van der Waals surface area contributed by atoms with E-state index in [0.29, 0.717) is 6.42 Å². The van der Waals surface area contributed by atoms with Crippen LogP contribution in [-0.4, -0.2) is 21.2 Å². The summed E-state index contributed by atoms with van der Waals surface area (Å²) in [5, 5.41) is 0. The van der Waals surface area contributed by atoms with Crippen LogP contribution in [0.15, 0.2) is 0 Å². The summed E-state index contributed by atoms with van der Waals surface area (Å²) in [6.07, 6.45) is 1.48. The van der Waals surface area contributed by atoms with E-state index in [0.717, 1.165) is 6.42 Å². The predicted molar refractivity (Wildman–Crippen MR) is 64.4 cm³/mol. The summed E-state index contributed by atoms with van der Waals surface area (Å²) in [5.74, 6) is -0.271. The number of hydrogen-bond acceptors (Lipinski definition) is 2.